The highest BCUT2D eigenvalue weighted by Crippen LogP contribution is 2.31. The van der Waals surface area contributed by atoms with E-state index in [1.165, 1.54) is 11.8 Å². The lowest BCUT2D eigenvalue weighted by molar-refractivity contribution is -0.113. The minimum Gasteiger partial charge on any atom is -0.494 e. The van der Waals surface area contributed by atoms with E-state index in [0.29, 0.717) is 11.5 Å². The number of ether oxygens (including phenoxy) is 2. The van der Waals surface area contributed by atoms with E-state index in [1.54, 1.807) is 0 Å². The van der Waals surface area contributed by atoms with Gasteiger partial charge in [0.1, 0.15) is 5.75 Å². The van der Waals surface area contributed by atoms with Gasteiger partial charge in [0.05, 0.1) is 23.7 Å². The summed E-state index contributed by atoms with van der Waals surface area (Å²) in [5.74, 6) is 0.661. The number of hydrogen-bond acceptors (Lipinski definition) is 5. The van der Waals surface area contributed by atoms with Crippen molar-refractivity contribution in [3.05, 3.63) is 34.7 Å². The highest BCUT2D eigenvalue weighted by Gasteiger charge is 2.30. The Morgan fingerprint density at radius 2 is 1.96 bits per heavy atom. The van der Waals surface area contributed by atoms with E-state index in [-0.39, 0.29) is 18.1 Å². The van der Waals surface area contributed by atoms with Crippen molar-refractivity contribution in [2.24, 2.45) is 4.99 Å². The zero-order valence-corrected chi connectivity index (χ0v) is 15.0. The Hall–Kier alpha value is -1.79. The Morgan fingerprint density at radius 1 is 1.29 bits per heavy atom. The van der Waals surface area contributed by atoms with Crippen LogP contribution in [0, 0.1) is 0 Å². The second-order valence-corrected chi connectivity index (χ2v) is 6.98. The molecular weight excluding hydrogens is 324 g/mol. The molecule has 2 heterocycles. The molecule has 1 fully saturated rings. The van der Waals surface area contributed by atoms with Gasteiger partial charge in [-0.1, -0.05) is 12.1 Å². The van der Waals surface area contributed by atoms with E-state index in [4.69, 9.17) is 9.47 Å². The number of amidine groups is 1. The number of aliphatic imine (C=N–C) groups is 1. The van der Waals surface area contributed by atoms with Crippen molar-refractivity contribution in [2.45, 2.75) is 33.0 Å². The maximum atomic E-state index is 12.2. The van der Waals surface area contributed by atoms with Gasteiger partial charge in [-0.05, 0) is 56.3 Å². The van der Waals surface area contributed by atoms with Crippen LogP contribution in [-0.4, -0.2) is 47.9 Å². The van der Waals surface area contributed by atoms with E-state index < -0.39 is 0 Å². The summed E-state index contributed by atoms with van der Waals surface area (Å²) in [6.45, 7) is 8.21. The van der Waals surface area contributed by atoms with Gasteiger partial charge in [-0.2, -0.15) is 4.99 Å². The molecule has 0 aliphatic carbocycles. The normalized spacial score (nSPS) is 26.0. The standard InChI is InChI=1S/C18H22N2O3S/c1-4-22-15-7-5-14(6-8-15)9-16-17(21)19-18(24-16)20-10-12(2)23-13(3)11-20/h5-9,12-13H,4,10-11H2,1-3H3/b16-9-/t12-,13-/m1/s1. The summed E-state index contributed by atoms with van der Waals surface area (Å²) in [5.41, 5.74) is 0.967. The molecule has 2 atom stereocenters. The lowest BCUT2D eigenvalue weighted by Gasteiger charge is -2.35. The molecule has 0 unspecified atom stereocenters. The molecule has 1 aromatic rings. The summed E-state index contributed by atoms with van der Waals surface area (Å²) in [7, 11) is 0. The van der Waals surface area contributed by atoms with Crippen LogP contribution in [0.15, 0.2) is 34.2 Å². The molecule has 24 heavy (non-hydrogen) atoms. The monoisotopic (exact) mass is 346 g/mol. The van der Waals surface area contributed by atoms with Crippen LogP contribution >= 0.6 is 11.8 Å². The van der Waals surface area contributed by atoms with Gasteiger partial charge in [0.2, 0.25) is 0 Å². The molecule has 1 aromatic carbocycles. The molecule has 0 N–H and O–H groups in total. The summed E-state index contributed by atoms with van der Waals surface area (Å²) >= 11 is 1.44. The lowest BCUT2D eigenvalue weighted by Crippen LogP contribution is -2.47. The molecule has 2 aliphatic rings. The van der Waals surface area contributed by atoms with E-state index >= 15 is 0 Å². The Morgan fingerprint density at radius 3 is 2.58 bits per heavy atom. The number of benzene rings is 1. The first kappa shape index (κ1) is 17.0. The largest absolute Gasteiger partial charge is 0.494 e. The smallest absolute Gasteiger partial charge is 0.286 e. The third-order valence-electron chi connectivity index (χ3n) is 3.79. The number of amides is 1. The molecule has 5 nitrogen and oxygen atoms in total. The predicted molar refractivity (Wildman–Crippen MR) is 97.2 cm³/mol. The van der Waals surface area contributed by atoms with Crippen LogP contribution in [-0.2, 0) is 9.53 Å². The number of carbonyl (C=O) groups excluding carboxylic acids is 1. The molecule has 0 saturated carbocycles. The number of morpholine rings is 1. The zero-order valence-electron chi connectivity index (χ0n) is 14.2. The number of carbonyl (C=O) groups is 1. The lowest BCUT2D eigenvalue weighted by atomic mass is 10.2. The van der Waals surface area contributed by atoms with Crippen LogP contribution in [0.4, 0.5) is 0 Å². The summed E-state index contributed by atoms with van der Waals surface area (Å²) in [6, 6.07) is 7.71. The van der Waals surface area contributed by atoms with Gasteiger partial charge < -0.3 is 14.4 Å². The number of nitrogens with zero attached hydrogens (tertiary/aromatic N) is 2. The Labute approximate surface area is 146 Å². The van der Waals surface area contributed by atoms with Gasteiger partial charge in [0, 0.05) is 13.1 Å². The third kappa shape index (κ3) is 3.99. The van der Waals surface area contributed by atoms with Crippen LogP contribution in [0.1, 0.15) is 26.3 Å². The average molecular weight is 346 g/mol. The molecule has 1 amide bonds. The third-order valence-corrected chi connectivity index (χ3v) is 4.83. The number of thioether (sulfide) groups is 1. The quantitative estimate of drug-likeness (QED) is 0.787. The second-order valence-electron chi connectivity index (χ2n) is 5.97. The van der Waals surface area contributed by atoms with Crippen molar-refractivity contribution in [3.63, 3.8) is 0 Å². The first-order chi connectivity index (χ1) is 11.5. The van der Waals surface area contributed by atoms with Crippen LogP contribution in [0.5, 0.6) is 5.75 Å². The molecule has 1 saturated heterocycles. The summed E-state index contributed by atoms with van der Waals surface area (Å²) in [5, 5.41) is 0.777. The predicted octanol–water partition coefficient (Wildman–Crippen LogP) is 3.16. The Balaban J connectivity index is 1.70. The Bertz CT molecular complexity index is 659. The fourth-order valence-electron chi connectivity index (χ4n) is 2.85. The van der Waals surface area contributed by atoms with E-state index in [2.05, 4.69) is 9.89 Å². The molecule has 3 rings (SSSR count). The number of hydrogen-bond donors (Lipinski definition) is 0. The first-order valence-electron chi connectivity index (χ1n) is 8.21. The van der Waals surface area contributed by atoms with Crippen molar-refractivity contribution >= 4 is 28.9 Å². The first-order valence-corrected chi connectivity index (χ1v) is 9.02. The van der Waals surface area contributed by atoms with Crippen molar-refractivity contribution in [1.29, 1.82) is 0 Å². The van der Waals surface area contributed by atoms with Crippen molar-refractivity contribution in [2.75, 3.05) is 19.7 Å². The summed E-state index contributed by atoms with van der Waals surface area (Å²) in [4.78, 5) is 19.2. The SMILES string of the molecule is CCOc1ccc(/C=C2\SC(N3C[C@@H](C)O[C@H](C)C3)=NC2=O)cc1. The van der Waals surface area contributed by atoms with Gasteiger partial charge in [-0.3, -0.25) is 4.79 Å². The van der Waals surface area contributed by atoms with Crippen molar-refractivity contribution < 1.29 is 14.3 Å². The zero-order chi connectivity index (χ0) is 17.1. The molecule has 2 aliphatic heterocycles. The molecular formula is C18H22N2O3S. The molecule has 128 valence electrons. The molecule has 0 aromatic heterocycles. The van der Waals surface area contributed by atoms with E-state index in [9.17, 15) is 4.79 Å². The topological polar surface area (TPSA) is 51.1 Å². The van der Waals surface area contributed by atoms with Gasteiger partial charge >= 0.3 is 0 Å². The van der Waals surface area contributed by atoms with Gasteiger partial charge in [-0.15, -0.1) is 0 Å². The maximum Gasteiger partial charge on any atom is 0.286 e. The van der Waals surface area contributed by atoms with Crippen LogP contribution in [0.25, 0.3) is 6.08 Å². The minimum atomic E-state index is -0.171. The van der Waals surface area contributed by atoms with Crippen molar-refractivity contribution in [1.82, 2.24) is 4.90 Å². The molecule has 6 heteroatoms. The highest BCUT2D eigenvalue weighted by molar-refractivity contribution is 8.18. The van der Waals surface area contributed by atoms with Gasteiger partial charge in [0.15, 0.2) is 5.17 Å². The maximum absolute atomic E-state index is 12.2. The van der Waals surface area contributed by atoms with Gasteiger partial charge in [-0.25, -0.2) is 0 Å². The minimum absolute atomic E-state index is 0.145. The van der Waals surface area contributed by atoms with Crippen molar-refractivity contribution in [3.8, 4) is 5.75 Å². The fraction of sp³-hybridized carbons (Fsp3) is 0.444. The van der Waals surface area contributed by atoms with Crippen LogP contribution < -0.4 is 4.74 Å². The van der Waals surface area contributed by atoms with Crippen LogP contribution in [0.3, 0.4) is 0 Å². The summed E-state index contributed by atoms with van der Waals surface area (Å²) in [6.07, 6.45) is 2.17. The molecule has 0 radical (unpaired) electrons. The van der Waals surface area contributed by atoms with E-state index in [0.717, 1.165) is 29.6 Å². The molecule has 0 spiro atoms. The van der Waals surface area contributed by atoms with Gasteiger partial charge in [0.25, 0.3) is 5.91 Å². The Kier molecular flexibility index (Phi) is 5.26. The summed E-state index contributed by atoms with van der Waals surface area (Å²) < 4.78 is 11.2. The van der Waals surface area contributed by atoms with Crippen LogP contribution in [0.2, 0.25) is 0 Å². The molecule has 0 bridgehead atoms. The highest BCUT2D eigenvalue weighted by atomic mass is 32.2. The second kappa shape index (κ2) is 7.40. The number of rotatable bonds is 3. The van der Waals surface area contributed by atoms with E-state index in [1.807, 2.05) is 51.1 Å². The average Bonchev–Trinajstić information content (AvgIpc) is 2.90. The fourth-order valence-corrected chi connectivity index (χ4v) is 3.78.